The number of esters is 1. The zero-order valence-electron chi connectivity index (χ0n) is 8.16. The molecule has 15 heavy (non-hydrogen) atoms. The Labute approximate surface area is 84.8 Å². The summed E-state index contributed by atoms with van der Waals surface area (Å²) in [6, 6.07) is 1.17. The van der Waals surface area contributed by atoms with Crippen LogP contribution in [0.2, 0.25) is 0 Å². The summed E-state index contributed by atoms with van der Waals surface area (Å²) in [6.07, 6.45) is -1.71. The molecule has 0 radical (unpaired) electrons. The molecule has 0 amide bonds. The molecule has 0 aliphatic rings. The highest BCUT2D eigenvalue weighted by Gasteiger charge is 2.21. The number of nitrogens with zero attached hydrogens (tertiary/aromatic N) is 1. The first kappa shape index (κ1) is 11.4. The number of ether oxygens (including phenoxy) is 2. The Morgan fingerprint density at radius 1 is 1.47 bits per heavy atom. The summed E-state index contributed by atoms with van der Waals surface area (Å²) in [5.74, 6) is -0.642. The molecule has 0 aliphatic heterocycles. The second-order valence-electron chi connectivity index (χ2n) is 2.60. The highest BCUT2D eigenvalue weighted by Crippen LogP contribution is 2.24. The van der Waals surface area contributed by atoms with E-state index in [1.165, 1.54) is 13.2 Å². The van der Waals surface area contributed by atoms with E-state index in [-0.39, 0.29) is 11.3 Å². The van der Waals surface area contributed by atoms with Crippen LogP contribution in [0.3, 0.4) is 0 Å². The SMILES string of the molecule is COC(=O)c1cc(OC)cnc1C(F)F. The van der Waals surface area contributed by atoms with E-state index in [0.717, 1.165) is 13.3 Å². The van der Waals surface area contributed by atoms with Gasteiger partial charge in [-0.2, -0.15) is 0 Å². The number of methoxy groups -OCH3 is 2. The molecule has 0 unspecified atom stereocenters. The van der Waals surface area contributed by atoms with Gasteiger partial charge in [0.2, 0.25) is 0 Å². The van der Waals surface area contributed by atoms with Crippen LogP contribution in [0, 0.1) is 0 Å². The lowest BCUT2D eigenvalue weighted by atomic mass is 10.2. The molecule has 0 bridgehead atoms. The van der Waals surface area contributed by atoms with E-state index in [2.05, 4.69) is 9.72 Å². The quantitative estimate of drug-likeness (QED) is 0.724. The van der Waals surface area contributed by atoms with Crippen LogP contribution in [-0.2, 0) is 4.74 Å². The summed E-state index contributed by atoms with van der Waals surface area (Å²) >= 11 is 0. The minimum Gasteiger partial charge on any atom is -0.495 e. The fraction of sp³-hybridized carbons (Fsp3) is 0.333. The molecule has 0 saturated heterocycles. The molecule has 1 rings (SSSR count). The topological polar surface area (TPSA) is 48.4 Å². The van der Waals surface area contributed by atoms with Crippen molar-refractivity contribution in [3.05, 3.63) is 23.5 Å². The number of rotatable bonds is 3. The van der Waals surface area contributed by atoms with E-state index < -0.39 is 18.1 Å². The van der Waals surface area contributed by atoms with Gasteiger partial charge in [-0.05, 0) is 6.07 Å². The molecule has 0 spiro atoms. The van der Waals surface area contributed by atoms with Crippen molar-refractivity contribution in [2.45, 2.75) is 6.43 Å². The van der Waals surface area contributed by atoms with Crippen LogP contribution in [0.5, 0.6) is 5.75 Å². The maximum Gasteiger partial charge on any atom is 0.340 e. The second kappa shape index (κ2) is 4.68. The van der Waals surface area contributed by atoms with Crippen LogP contribution in [-0.4, -0.2) is 25.2 Å². The molecule has 1 heterocycles. The minimum atomic E-state index is -2.83. The van der Waals surface area contributed by atoms with Gasteiger partial charge in [-0.25, -0.2) is 13.6 Å². The van der Waals surface area contributed by atoms with E-state index in [1.807, 2.05) is 0 Å². The van der Waals surface area contributed by atoms with Crippen LogP contribution < -0.4 is 4.74 Å². The summed E-state index contributed by atoms with van der Waals surface area (Å²) in [4.78, 5) is 14.6. The van der Waals surface area contributed by atoms with Gasteiger partial charge in [0.1, 0.15) is 11.4 Å². The van der Waals surface area contributed by atoms with Gasteiger partial charge < -0.3 is 9.47 Å². The molecule has 0 aliphatic carbocycles. The van der Waals surface area contributed by atoms with Crippen LogP contribution in [0.15, 0.2) is 12.3 Å². The largest absolute Gasteiger partial charge is 0.495 e. The first-order valence-electron chi connectivity index (χ1n) is 4.00. The fourth-order valence-electron chi connectivity index (χ4n) is 1.02. The third kappa shape index (κ3) is 2.39. The predicted octanol–water partition coefficient (Wildman–Crippen LogP) is 1.81. The molecule has 0 aromatic carbocycles. The van der Waals surface area contributed by atoms with E-state index in [1.54, 1.807) is 0 Å². The number of carbonyl (C=O) groups excluding carboxylic acids is 1. The van der Waals surface area contributed by atoms with Crippen LogP contribution >= 0.6 is 0 Å². The molecular formula is C9H9F2NO3. The Hall–Kier alpha value is -1.72. The van der Waals surface area contributed by atoms with Gasteiger partial charge >= 0.3 is 5.97 Å². The van der Waals surface area contributed by atoms with Crippen molar-refractivity contribution in [2.24, 2.45) is 0 Å². The van der Waals surface area contributed by atoms with Gasteiger partial charge in [0.05, 0.1) is 26.0 Å². The van der Waals surface area contributed by atoms with Gasteiger partial charge in [0, 0.05) is 0 Å². The molecule has 0 atom stereocenters. The van der Waals surface area contributed by atoms with Gasteiger partial charge in [0.25, 0.3) is 6.43 Å². The van der Waals surface area contributed by atoms with Gasteiger partial charge in [0.15, 0.2) is 0 Å². The van der Waals surface area contributed by atoms with E-state index in [0.29, 0.717) is 0 Å². The Morgan fingerprint density at radius 3 is 2.60 bits per heavy atom. The molecule has 0 N–H and O–H groups in total. The molecule has 6 heteroatoms. The number of hydrogen-bond donors (Lipinski definition) is 0. The van der Waals surface area contributed by atoms with Crippen LogP contribution in [0.4, 0.5) is 8.78 Å². The zero-order valence-corrected chi connectivity index (χ0v) is 8.16. The Balaban J connectivity index is 3.22. The summed E-state index contributed by atoms with van der Waals surface area (Å²) in [6.45, 7) is 0. The number of carbonyl (C=O) groups is 1. The number of alkyl halides is 2. The first-order valence-corrected chi connectivity index (χ1v) is 4.00. The van der Waals surface area contributed by atoms with E-state index in [9.17, 15) is 13.6 Å². The van der Waals surface area contributed by atoms with Crippen molar-refractivity contribution in [3.8, 4) is 5.75 Å². The maximum atomic E-state index is 12.4. The minimum absolute atomic E-state index is 0.222. The fourth-order valence-corrected chi connectivity index (χ4v) is 1.02. The average molecular weight is 217 g/mol. The number of pyridine rings is 1. The predicted molar refractivity (Wildman–Crippen MR) is 47.1 cm³/mol. The number of aromatic nitrogens is 1. The lowest BCUT2D eigenvalue weighted by Crippen LogP contribution is -2.08. The van der Waals surface area contributed by atoms with Crippen molar-refractivity contribution in [1.29, 1.82) is 0 Å². The molecule has 0 saturated carbocycles. The second-order valence-corrected chi connectivity index (χ2v) is 2.60. The summed E-state index contributed by atoms with van der Waals surface area (Å²) < 4.78 is 34.0. The molecule has 82 valence electrons. The number of halogens is 2. The first-order chi connectivity index (χ1) is 7.10. The van der Waals surface area contributed by atoms with Gasteiger partial charge in [-0.3, -0.25) is 4.98 Å². The maximum absolute atomic E-state index is 12.4. The normalized spacial score (nSPS) is 10.2. The van der Waals surface area contributed by atoms with Crippen molar-refractivity contribution in [2.75, 3.05) is 14.2 Å². The van der Waals surface area contributed by atoms with Crippen LogP contribution in [0.1, 0.15) is 22.5 Å². The average Bonchev–Trinajstić information content (AvgIpc) is 2.26. The van der Waals surface area contributed by atoms with Crippen molar-refractivity contribution in [1.82, 2.24) is 4.98 Å². The monoisotopic (exact) mass is 217 g/mol. The third-order valence-corrected chi connectivity index (χ3v) is 1.74. The van der Waals surface area contributed by atoms with Crippen LogP contribution in [0.25, 0.3) is 0 Å². The molecular weight excluding hydrogens is 208 g/mol. The molecule has 1 aromatic rings. The summed E-state index contributed by atoms with van der Waals surface area (Å²) in [5.41, 5.74) is -0.894. The molecule has 4 nitrogen and oxygen atoms in total. The Morgan fingerprint density at radius 2 is 2.13 bits per heavy atom. The van der Waals surface area contributed by atoms with Crippen molar-refractivity contribution >= 4 is 5.97 Å². The number of hydrogen-bond acceptors (Lipinski definition) is 4. The Bertz CT molecular complexity index is 368. The smallest absolute Gasteiger partial charge is 0.340 e. The Kier molecular flexibility index (Phi) is 3.54. The van der Waals surface area contributed by atoms with E-state index in [4.69, 9.17) is 4.74 Å². The molecule has 0 fully saturated rings. The highest BCUT2D eigenvalue weighted by molar-refractivity contribution is 5.91. The summed E-state index contributed by atoms with van der Waals surface area (Å²) in [7, 11) is 2.46. The standard InChI is InChI=1S/C9H9F2NO3/c1-14-5-3-6(9(13)15-2)7(8(10)11)12-4-5/h3-4,8H,1-2H3. The van der Waals surface area contributed by atoms with Crippen molar-refractivity contribution < 1.29 is 23.0 Å². The van der Waals surface area contributed by atoms with Gasteiger partial charge in [-0.1, -0.05) is 0 Å². The van der Waals surface area contributed by atoms with Gasteiger partial charge in [-0.15, -0.1) is 0 Å². The molecule has 1 aromatic heterocycles. The third-order valence-electron chi connectivity index (χ3n) is 1.74. The van der Waals surface area contributed by atoms with Crippen molar-refractivity contribution in [3.63, 3.8) is 0 Å². The highest BCUT2D eigenvalue weighted by atomic mass is 19.3. The lowest BCUT2D eigenvalue weighted by Gasteiger charge is -2.07. The zero-order chi connectivity index (χ0) is 11.4. The lowest BCUT2D eigenvalue weighted by molar-refractivity contribution is 0.0586. The van der Waals surface area contributed by atoms with E-state index >= 15 is 0 Å². The summed E-state index contributed by atoms with van der Waals surface area (Å²) in [5, 5.41) is 0.